The van der Waals surface area contributed by atoms with Crippen molar-refractivity contribution in [3.63, 3.8) is 0 Å². The molecule has 2 saturated heterocycles. The van der Waals surface area contributed by atoms with Crippen molar-refractivity contribution in [2.75, 3.05) is 39.3 Å². The fourth-order valence-electron chi connectivity index (χ4n) is 2.98. The zero-order valence-electron chi connectivity index (χ0n) is 11.9. The summed E-state index contributed by atoms with van der Waals surface area (Å²) in [7, 11) is 0. The van der Waals surface area contributed by atoms with Crippen molar-refractivity contribution >= 4 is 0 Å². The number of hydrogen-bond acceptors (Lipinski definition) is 3. The molecule has 18 heavy (non-hydrogen) atoms. The Morgan fingerprint density at radius 2 is 1.94 bits per heavy atom. The van der Waals surface area contributed by atoms with Crippen molar-refractivity contribution in [3.8, 4) is 11.8 Å². The van der Waals surface area contributed by atoms with Crippen LogP contribution in [-0.4, -0.2) is 61.2 Å². The predicted molar refractivity (Wildman–Crippen MR) is 76.6 cm³/mol. The van der Waals surface area contributed by atoms with Crippen LogP contribution in [-0.2, 0) is 0 Å². The maximum atomic E-state index is 3.41. The molecule has 2 aliphatic rings. The van der Waals surface area contributed by atoms with Gasteiger partial charge in [0.15, 0.2) is 0 Å². The topological polar surface area (TPSA) is 18.5 Å². The van der Waals surface area contributed by atoms with E-state index in [1.54, 1.807) is 0 Å². The number of nitrogens with one attached hydrogen (secondary N) is 1. The molecule has 1 N–H and O–H groups in total. The van der Waals surface area contributed by atoms with Crippen molar-refractivity contribution < 1.29 is 0 Å². The second-order valence-electron chi connectivity index (χ2n) is 5.71. The van der Waals surface area contributed by atoms with E-state index in [1.165, 1.54) is 19.4 Å². The molecule has 102 valence electrons. The van der Waals surface area contributed by atoms with Gasteiger partial charge in [0.05, 0.1) is 6.54 Å². The van der Waals surface area contributed by atoms with E-state index in [4.69, 9.17) is 0 Å². The van der Waals surface area contributed by atoms with Crippen LogP contribution in [0.1, 0.15) is 33.1 Å². The van der Waals surface area contributed by atoms with Crippen molar-refractivity contribution in [2.45, 2.75) is 45.2 Å². The van der Waals surface area contributed by atoms with Crippen LogP contribution in [0.2, 0.25) is 0 Å². The molecule has 0 aromatic carbocycles. The fraction of sp³-hybridized carbons (Fsp3) is 0.867. The summed E-state index contributed by atoms with van der Waals surface area (Å²) in [4.78, 5) is 5.05. The summed E-state index contributed by atoms with van der Waals surface area (Å²) >= 11 is 0. The van der Waals surface area contributed by atoms with Crippen LogP contribution in [0.4, 0.5) is 0 Å². The van der Waals surface area contributed by atoms with E-state index in [9.17, 15) is 0 Å². The first kappa shape index (κ1) is 13.9. The fourth-order valence-corrected chi connectivity index (χ4v) is 2.98. The summed E-state index contributed by atoms with van der Waals surface area (Å²) in [5.41, 5.74) is 0. The third kappa shape index (κ3) is 3.98. The first-order chi connectivity index (χ1) is 8.77. The Morgan fingerprint density at radius 1 is 1.17 bits per heavy atom. The number of hydrogen-bond donors (Lipinski definition) is 1. The van der Waals surface area contributed by atoms with Gasteiger partial charge in [-0.15, -0.1) is 5.92 Å². The molecule has 0 saturated carbocycles. The monoisotopic (exact) mass is 249 g/mol. The van der Waals surface area contributed by atoms with E-state index in [2.05, 4.69) is 40.8 Å². The average Bonchev–Trinajstić information content (AvgIpc) is 2.84. The van der Waals surface area contributed by atoms with Gasteiger partial charge in [0.2, 0.25) is 0 Å². The van der Waals surface area contributed by atoms with Gasteiger partial charge in [-0.3, -0.25) is 9.80 Å². The van der Waals surface area contributed by atoms with E-state index in [0.717, 1.165) is 39.1 Å². The maximum absolute atomic E-state index is 3.41. The largest absolute Gasteiger partial charge is 0.314 e. The van der Waals surface area contributed by atoms with E-state index in [-0.39, 0.29) is 0 Å². The first-order valence-corrected chi connectivity index (χ1v) is 7.42. The molecule has 0 radical (unpaired) electrons. The highest BCUT2D eigenvalue weighted by Gasteiger charge is 2.25. The van der Waals surface area contributed by atoms with Crippen molar-refractivity contribution in [1.29, 1.82) is 0 Å². The molecule has 2 heterocycles. The van der Waals surface area contributed by atoms with Gasteiger partial charge in [0, 0.05) is 44.7 Å². The lowest BCUT2D eigenvalue weighted by molar-refractivity contribution is 0.206. The Balaban J connectivity index is 1.70. The Morgan fingerprint density at radius 3 is 2.67 bits per heavy atom. The molecule has 0 aromatic heterocycles. The highest BCUT2D eigenvalue weighted by Crippen LogP contribution is 2.21. The molecule has 0 aliphatic carbocycles. The van der Waals surface area contributed by atoms with Crippen LogP contribution < -0.4 is 5.32 Å². The second kappa shape index (κ2) is 7.13. The molecule has 2 fully saturated rings. The standard InChI is InChI=1S/C15H27N3/c1-14(2)18-11-5-7-15(18)6-3-4-10-17-12-8-16-9-13-17/h14-16H,5-13H2,1-2H3. The zero-order valence-corrected chi connectivity index (χ0v) is 11.9. The quantitative estimate of drug-likeness (QED) is 0.757. The summed E-state index contributed by atoms with van der Waals surface area (Å²) in [6.45, 7) is 11.3. The molecule has 2 aliphatic heterocycles. The van der Waals surface area contributed by atoms with E-state index in [0.29, 0.717) is 12.1 Å². The van der Waals surface area contributed by atoms with Gasteiger partial charge in [0.1, 0.15) is 0 Å². The number of likely N-dealkylation sites (tertiary alicyclic amines) is 1. The molecule has 0 bridgehead atoms. The maximum Gasteiger partial charge on any atom is 0.0602 e. The third-order valence-electron chi connectivity index (χ3n) is 4.06. The van der Waals surface area contributed by atoms with E-state index >= 15 is 0 Å². The molecule has 3 nitrogen and oxygen atoms in total. The molecule has 0 aromatic rings. The Labute approximate surface area is 112 Å². The highest BCUT2D eigenvalue weighted by molar-refractivity contribution is 5.05. The van der Waals surface area contributed by atoms with Crippen LogP contribution in [0.15, 0.2) is 0 Å². The van der Waals surface area contributed by atoms with Crippen LogP contribution in [0.3, 0.4) is 0 Å². The molecular formula is C15H27N3. The summed E-state index contributed by atoms with van der Waals surface area (Å²) in [5, 5.41) is 3.37. The smallest absolute Gasteiger partial charge is 0.0602 e. The van der Waals surface area contributed by atoms with Gasteiger partial charge < -0.3 is 5.32 Å². The van der Waals surface area contributed by atoms with Crippen LogP contribution >= 0.6 is 0 Å². The minimum Gasteiger partial charge on any atom is -0.314 e. The first-order valence-electron chi connectivity index (χ1n) is 7.42. The van der Waals surface area contributed by atoms with Gasteiger partial charge in [-0.2, -0.15) is 0 Å². The van der Waals surface area contributed by atoms with Crippen LogP contribution in [0, 0.1) is 11.8 Å². The molecular weight excluding hydrogens is 222 g/mol. The number of piperazine rings is 1. The SMILES string of the molecule is CC(C)N1CCCC1CC#CCN1CCNCC1. The minimum atomic E-state index is 0.674. The summed E-state index contributed by atoms with van der Waals surface area (Å²) in [6.07, 6.45) is 3.74. The Hall–Kier alpha value is -0.560. The lowest BCUT2D eigenvalue weighted by atomic mass is 10.1. The lowest BCUT2D eigenvalue weighted by Crippen LogP contribution is -2.43. The molecule has 3 heteroatoms. The average molecular weight is 249 g/mol. The van der Waals surface area contributed by atoms with Crippen molar-refractivity contribution in [2.24, 2.45) is 0 Å². The zero-order chi connectivity index (χ0) is 12.8. The normalized spacial score (nSPS) is 26.3. The Bertz CT molecular complexity index is 297. The summed E-state index contributed by atoms with van der Waals surface area (Å²) in [6, 6.07) is 1.38. The molecule has 1 unspecified atom stereocenters. The number of rotatable bonds is 3. The minimum absolute atomic E-state index is 0.674. The molecule has 1 atom stereocenters. The Kier molecular flexibility index (Phi) is 5.49. The van der Waals surface area contributed by atoms with Crippen molar-refractivity contribution in [3.05, 3.63) is 0 Å². The van der Waals surface area contributed by atoms with Crippen LogP contribution in [0.5, 0.6) is 0 Å². The van der Waals surface area contributed by atoms with Gasteiger partial charge in [-0.05, 0) is 33.2 Å². The van der Waals surface area contributed by atoms with Gasteiger partial charge in [0.25, 0.3) is 0 Å². The third-order valence-corrected chi connectivity index (χ3v) is 4.06. The lowest BCUT2D eigenvalue weighted by Gasteiger charge is -2.27. The van der Waals surface area contributed by atoms with E-state index in [1.807, 2.05) is 0 Å². The summed E-state index contributed by atoms with van der Waals surface area (Å²) in [5.74, 6) is 6.77. The predicted octanol–water partition coefficient (Wildman–Crippen LogP) is 1.16. The highest BCUT2D eigenvalue weighted by atomic mass is 15.2. The molecule has 2 rings (SSSR count). The molecule has 0 amide bonds. The van der Waals surface area contributed by atoms with Crippen LogP contribution in [0.25, 0.3) is 0 Å². The van der Waals surface area contributed by atoms with Gasteiger partial charge in [-0.1, -0.05) is 5.92 Å². The summed E-state index contributed by atoms with van der Waals surface area (Å²) < 4.78 is 0. The molecule has 0 spiro atoms. The van der Waals surface area contributed by atoms with Gasteiger partial charge >= 0.3 is 0 Å². The number of nitrogens with zero attached hydrogens (tertiary/aromatic N) is 2. The second-order valence-corrected chi connectivity index (χ2v) is 5.71. The van der Waals surface area contributed by atoms with Crippen molar-refractivity contribution in [1.82, 2.24) is 15.1 Å². The van der Waals surface area contributed by atoms with Gasteiger partial charge in [-0.25, -0.2) is 0 Å². The van der Waals surface area contributed by atoms with E-state index < -0.39 is 0 Å².